The smallest absolute Gasteiger partial charge is 0.0966 e. The molecule has 1 heterocycles. The maximum absolute atomic E-state index is 6.19. The van der Waals surface area contributed by atoms with Gasteiger partial charge in [0.05, 0.1) is 22.4 Å². The highest BCUT2D eigenvalue weighted by Gasteiger charge is 2.11. The van der Waals surface area contributed by atoms with Crippen LogP contribution in [0.3, 0.4) is 0 Å². The Bertz CT molecular complexity index is 974. The lowest BCUT2D eigenvalue weighted by atomic mass is 10.0. The fourth-order valence-electron chi connectivity index (χ4n) is 2.75. The van der Waals surface area contributed by atoms with Gasteiger partial charge in [-0.05, 0) is 17.5 Å². The number of anilines is 2. The SMILES string of the molecule is Nc1c(N)c2nc3ccccc3cc2c2ccccc12. The van der Waals surface area contributed by atoms with Gasteiger partial charge in [0.15, 0.2) is 0 Å². The van der Waals surface area contributed by atoms with Crippen molar-refractivity contribution in [1.29, 1.82) is 0 Å². The van der Waals surface area contributed by atoms with Crippen molar-refractivity contribution in [2.75, 3.05) is 11.5 Å². The van der Waals surface area contributed by atoms with E-state index in [0.29, 0.717) is 11.4 Å². The summed E-state index contributed by atoms with van der Waals surface area (Å²) in [4.78, 5) is 4.68. The van der Waals surface area contributed by atoms with Gasteiger partial charge in [0.25, 0.3) is 0 Å². The van der Waals surface area contributed by atoms with Crippen molar-refractivity contribution < 1.29 is 0 Å². The first kappa shape index (κ1) is 11.1. The maximum atomic E-state index is 6.19. The number of nitrogens with two attached hydrogens (primary N) is 2. The minimum Gasteiger partial charge on any atom is -0.396 e. The molecule has 20 heavy (non-hydrogen) atoms. The van der Waals surface area contributed by atoms with Crippen LogP contribution in [0.5, 0.6) is 0 Å². The first-order chi connectivity index (χ1) is 9.75. The number of aromatic nitrogens is 1. The molecule has 0 atom stereocenters. The van der Waals surface area contributed by atoms with Gasteiger partial charge in [0.2, 0.25) is 0 Å². The van der Waals surface area contributed by atoms with Crippen molar-refractivity contribution in [3.63, 3.8) is 0 Å². The zero-order valence-electron chi connectivity index (χ0n) is 10.8. The third-order valence-corrected chi connectivity index (χ3v) is 3.78. The lowest BCUT2D eigenvalue weighted by Gasteiger charge is -2.11. The van der Waals surface area contributed by atoms with Gasteiger partial charge in [-0.3, -0.25) is 0 Å². The molecule has 0 radical (unpaired) electrons. The topological polar surface area (TPSA) is 64.9 Å². The summed E-state index contributed by atoms with van der Waals surface area (Å²) in [6.07, 6.45) is 0. The first-order valence-corrected chi connectivity index (χ1v) is 6.51. The number of fused-ring (bicyclic) bond motifs is 4. The molecule has 0 spiro atoms. The van der Waals surface area contributed by atoms with Gasteiger partial charge in [0.1, 0.15) is 0 Å². The molecule has 0 bridgehead atoms. The van der Waals surface area contributed by atoms with E-state index in [0.717, 1.165) is 32.6 Å². The molecular formula is C17H13N3. The summed E-state index contributed by atoms with van der Waals surface area (Å²) in [5.74, 6) is 0. The van der Waals surface area contributed by atoms with Crippen LogP contribution in [-0.2, 0) is 0 Å². The maximum Gasteiger partial charge on any atom is 0.0966 e. The zero-order valence-corrected chi connectivity index (χ0v) is 10.8. The molecule has 3 heteroatoms. The van der Waals surface area contributed by atoms with Crippen LogP contribution in [0.15, 0.2) is 54.6 Å². The lowest BCUT2D eigenvalue weighted by molar-refractivity contribution is 1.50. The molecule has 3 aromatic carbocycles. The Balaban J connectivity index is 2.33. The first-order valence-electron chi connectivity index (χ1n) is 6.51. The van der Waals surface area contributed by atoms with Gasteiger partial charge < -0.3 is 11.5 Å². The van der Waals surface area contributed by atoms with E-state index in [-0.39, 0.29) is 0 Å². The number of nitrogen functional groups attached to an aromatic ring is 2. The van der Waals surface area contributed by atoms with Crippen LogP contribution in [0, 0.1) is 0 Å². The Morgan fingerprint density at radius 1 is 0.700 bits per heavy atom. The molecule has 96 valence electrons. The number of pyridine rings is 1. The van der Waals surface area contributed by atoms with Crippen molar-refractivity contribution in [2.24, 2.45) is 0 Å². The summed E-state index contributed by atoms with van der Waals surface area (Å²) < 4.78 is 0. The van der Waals surface area contributed by atoms with Gasteiger partial charge >= 0.3 is 0 Å². The molecule has 4 N–H and O–H groups in total. The van der Waals surface area contributed by atoms with Crippen LogP contribution in [0.1, 0.15) is 0 Å². The fraction of sp³-hybridized carbons (Fsp3) is 0. The molecule has 0 unspecified atom stereocenters. The summed E-state index contributed by atoms with van der Waals surface area (Å²) >= 11 is 0. The van der Waals surface area contributed by atoms with Crippen molar-refractivity contribution in [3.05, 3.63) is 54.6 Å². The predicted molar refractivity (Wildman–Crippen MR) is 85.6 cm³/mol. The van der Waals surface area contributed by atoms with Crippen LogP contribution < -0.4 is 11.5 Å². The number of rotatable bonds is 0. The molecular weight excluding hydrogens is 246 g/mol. The molecule has 1 aromatic heterocycles. The molecule has 4 rings (SSSR count). The molecule has 3 nitrogen and oxygen atoms in total. The zero-order chi connectivity index (χ0) is 13.7. The summed E-state index contributed by atoms with van der Waals surface area (Å²) in [7, 11) is 0. The van der Waals surface area contributed by atoms with Crippen molar-refractivity contribution >= 4 is 44.0 Å². The Kier molecular flexibility index (Phi) is 2.12. The summed E-state index contributed by atoms with van der Waals surface area (Å²) in [5.41, 5.74) is 15.2. The second-order valence-corrected chi connectivity index (χ2v) is 4.95. The monoisotopic (exact) mass is 259 g/mol. The Hall–Kier alpha value is -2.81. The van der Waals surface area contributed by atoms with Crippen LogP contribution in [0.2, 0.25) is 0 Å². The van der Waals surface area contributed by atoms with Crippen LogP contribution in [0.4, 0.5) is 11.4 Å². The van der Waals surface area contributed by atoms with Crippen LogP contribution in [-0.4, -0.2) is 4.98 Å². The standard InChI is InChI=1S/C17H13N3/c18-15-12-7-3-2-6-11(12)13-9-10-5-1-4-8-14(10)20-17(13)16(15)19/h1-9H,18-19H2. The number of para-hydroxylation sites is 1. The minimum absolute atomic E-state index is 0.560. The molecule has 0 saturated carbocycles. The number of benzene rings is 3. The fourth-order valence-corrected chi connectivity index (χ4v) is 2.75. The van der Waals surface area contributed by atoms with E-state index in [1.165, 1.54) is 0 Å². The molecule has 0 aliphatic rings. The van der Waals surface area contributed by atoms with Gasteiger partial charge in [-0.25, -0.2) is 4.98 Å². The summed E-state index contributed by atoms with van der Waals surface area (Å²) in [6, 6.07) is 18.2. The molecule has 0 saturated heterocycles. The largest absolute Gasteiger partial charge is 0.396 e. The highest BCUT2D eigenvalue weighted by atomic mass is 14.8. The van der Waals surface area contributed by atoms with E-state index < -0.39 is 0 Å². The second kappa shape index (κ2) is 3.84. The van der Waals surface area contributed by atoms with E-state index in [2.05, 4.69) is 23.2 Å². The Labute approximate surface area is 115 Å². The van der Waals surface area contributed by atoms with Crippen LogP contribution in [0.25, 0.3) is 32.6 Å². The Morgan fingerprint density at radius 2 is 1.40 bits per heavy atom. The summed E-state index contributed by atoms with van der Waals surface area (Å²) in [6.45, 7) is 0. The normalized spacial score (nSPS) is 11.4. The van der Waals surface area contributed by atoms with Gasteiger partial charge in [-0.1, -0.05) is 42.5 Å². The van der Waals surface area contributed by atoms with Crippen molar-refractivity contribution in [3.8, 4) is 0 Å². The van der Waals surface area contributed by atoms with Crippen LogP contribution >= 0.6 is 0 Å². The van der Waals surface area contributed by atoms with E-state index in [4.69, 9.17) is 11.5 Å². The van der Waals surface area contributed by atoms with E-state index in [9.17, 15) is 0 Å². The highest BCUT2D eigenvalue weighted by Crippen LogP contribution is 2.36. The molecule has 0 fully saturated rings. The van der Waals surface area contributed by atoms with E-state index in [1.807, 2.05) is 36.4 Å². The number of hydrogen-bond donors (Lipinski definition) is 2. The number of hydrogen-bond acceptors (Lipinski definition) is 3. The predicted octanol–water partition coefficient (Wildman–Crippen LogP) is 3.71. The van der Waals surface area contributed by atoms with Gasteiger partial charge in [-0.15, -0.1) is 0 Å². The summed E-state index contributed by atoms with van der Waals surface area (Å²) in [5, 5.41) is 4.22. The third kappa shape index (κ3) is 1.37. The Morgan fingerprint density at radius 3 is 2.25 bits per heavy atom. The van der Waals surface area contributed by atoms with E-state index >= 15 is 0 Å². The van der Waals surface area contributed by atoms with Gasteiger partial charge in [0, 0.05) is 16.2 Å². The van der Waals surface area contributed by atoms with Gasteiger partial charge in [-0.2, -0.15) is 0 Å². The molecule has 0 aliphatic carbocycles. The quantitative estimate of drug-likeness (QED) is 0.219. The van der Waals surface area contributed by atoms with Crippen molar-refractivity contribution in [1.82, 2.24) is 4.98 Å². The molecule has 4 aromatic rings. The molecule has 0 aliphatic heterocycles. The third-order valence-electron chi connectivity index (χ3n) is 3.78. The lowest BCUT2D eigenvalue weighted by Crippen LogP contribution is -1.99. The second-order valence-electron chi connectivity index (χ2n) is 4.95. The average molecular weight is 259 g/mol. The van der Waals surface area contributed by atoms with Crippen molar-refractivity contribution in [2.45, 2.75) is 0 Å². The average Bonchev–Trinajstić information content (AvgIpc) is 2.51. The highest BCUT2D eigenvalue weighted by molar-refractivity contribution is 6.19. The number of nitrogens with zero attached hydrogens (tertiary/aromatic N) is 1. The minimum atomic E-state index is 0.560. The van der Waals surface area contributed by atoms with E-state index in [1.54, 1.807) is 0 Å². The molecule has 0 amide bonds.